The molecule has 0 radical (unpaired) electrons. The van der Waals surface area contributed by atoms with Crippen molar-refractivity contribution in [3.05, 3.63) is 0 Å². The Morgan fingerprint density at radius 2 is 1.92 bits per heavy atom. The molecule has 0 unspecified atom stereocenters. The molecule has 1 amide bonds. The Labute approximate surface area is 79.9 Å². The Morgan fingerprint density at radius 1 is 1.38 bits per heavy atom. The van der Waals surface area contributed by atoms with Crippen LogP contribution in [0.15, 0.2) is 0 Å². The van der Waals surface area contributed by atoms with E-state index in [1.165, 1.54) is 13.8 Å². The van der Waals surface area contributed by atoms with Crippen molar-refractivity contribution in [1.82, 2.24) is 5.32 Å². The van der Waals surface area contributed by atoms with Gasteiger partial charge >= 0.3 is 5.97 Å². The molecule has 2 N–H and O–H groups in total. The van der Waals surface area contributed by atoms with Gasteiger partial charge in [-0.15, -0.1) is 0 Å². The van der Waals surface area contributed by atoms with Crippen LogP contribution in [0.2, 0.25) is 0 Å². The Morgan fingerprint density at radius 3 is 2.23 bits per heavy atom. The molecule has 0 saturated heterocycles. The second-order valence-corrected chi connectivity index (χ2v) is 3.59. The number of hydrogen-bond donors (Lipinski definition) is 2. The van der Waals surface area contributed by atoms with E-state index in [9.17, 15) is 14.4 Å². The Balaban J connectivity index is 4.02. The minimum Gasteiger partial charge on any atom is -0.480 e. The Kier molecular flexibility index (Phi) is 5.13. The second kappa shape index (κ2) is 5.58. The molecule has 0 aromatic rings. The fourth-order valence-electron chi connectivity index (χ4n) is 0.621. The van der Waals surface area contributed by atoms with Gasteiger partial charge in [-0.2, -0.15) is 0 Å². The number of carbonyl (C=O) groups excluding carboxylic acids is 2. The molecule has 0 aliphatic heterocycles. The highest BCUT2D eigenvalue weighted by atomic mass is 32.2. The number of carboxylic acid groups (broad SMARTS) is 1. The van der Waals surface area contributed by atoms with Gasteiger partial charge in [0.15, 0.2) is 5.12 Å². The molecule has 0 spiro atoms. The number of hydrogen-bond acceptors (Lipinski definition) is 4. The van der Waals surface area contributed by atoms with E-state index < -0.39 is 17.9 Å². The summed E-state index contributed by atoms with van der Waals surface area (Å²) in [4.78, 5) is 31.6. The minimum atomic E-state index is -1.14. The van der Waals surface area contributed by atoms with Gasteiger partial charge in [-0.25, -0.2) is 4.79 Å². The zero-order valence-corrected chi connectivity index (χ0v) is 8.18. The summed E-state index contributed by atoms with van der Waals surface area (Å²) in [6.45, 7) is 2.58. The molecule has 0 aliphatic carbocycles. The molecule has 0 heterocycles. The summed E-state index contributed by atoms with van der Waals surface area (Å²) in [7, 11) is 0. The molecule has 6 heteroatoms. The molecule has 0 fully saturated rings. The van der Waals surface area contributed by atoms with Crippen LogP contribution < -0.4 is 5.32 Å². The van der Waals surface area contributed by atoms with Crippen molar-refractivity contribution in [3.63, 3.8) is 0 Å². The molecule has 0 aromatic heterocycles. The lowest BCUT2D eigenvalue weighted by Crippen LogP contribution is -2.41. The molecule has 13 heavy (non-hydrogen) atoms. The fraction of sp³-hybridized carbons (Fsp3) is 0.571. The van der Waals surface area contributed by atoms with Crippen LogP contribution in [0.3, 0.4) is 0 Å². The number of thioether (sulfide) groups is 1. The predicted octanol–water partition coefficient (Wildman–Crippen LogP) is -0.145. The summed E-state index contributed by atoms with van der Waals surface area (Å²) in [5, 5.41) is 10.6. The van der Waals surface area contributed by atoms with Crippen LogP contribution in [0.25, 0.3) is 0 Å². The number of carboxylic acids is 1. The van der Waals surface area contributed by atoms with Gasteiger partial charge in [0.05, 0.1) is 0 Å². The van der Waals surface area contributed by atoms with Crippen molar-refractivity contribution >= 4 is 28.8 Å². The largest absolute Gasteiger partial charge is 0.480 e. The molecule has 0 rings (SSSR count). The van der Waals surface area contributed by atoms with E-state index in [2.05, 4.69) is 5.32 Å². The maximum atomic E-state index is 10.5. The van der Waals surface area contributed by atoms with Gasteiger partial charge in [-0.3, -0.25) is 9.59 Å². The topological polar surface area (TPSA) is 83.5 Å². The molecule has 0 bridgehead atoms. The highest BCUT2D eigenvalue weighted by Gasteiger charge is 2.18. The highest BCUT2D eigenvalue weighted by Crippen LogP contribution is 2.03. The lowest BCUT2D eigenvalue weighted by atomic mass is 10.3. The number of carbonyl (C=O) groups is 3. The molecule has 0 aliphatic rings. The van der Waals surface area contributed by atoms with Gasteiger partial charge in [0.25, 0.3) is 0 Å². The number of nitrogens with one attached hydrogen (secondary N) is 1. The summed E-state index contributed by atoms with van der Waals surface area (Å²) < 4.78 is 0. The van der Waals surface area contributed by atoms with Crippen LogP contribution in [-0.2, 0) is 14.4 Å². The van der Waals surface area contributed by atoms with E-state index >= 15 is 0 Å². The third kappa shape index (κ3) is 6.15. The first-order valence-corrected chi connectivity index (χ1v) is 4.55. The number of aliphatic carboxylic acids is 1. The van der Waals surface area contributed by atoms with Gasteiger partial charge in [0, 0.05) is 19.6 Å². The molecular formula is C7H11NO4S. The van der Waals surface area contributed by atoms with Crippen LogP contribution in [0, 0.1) is 0 Å². The van der Waals surface area contributed by atoms with Gasteiger partial charge in [0.1, 0.15) is 6.04 Å². The van der Waals surface area contributed by atoms with Crippen molar-refractivity contribution in [2.24, 2.45) is 0 Å². The van der Waals surface area contributed by atoms with E-state index in [0.29, 0.717) is 0 Å². The molecule has 1 atom stereocenters. The third-order valence-electron chi connectivity index (χ3n) is 1.13. The smallest absolute Gasteiger partial charge is 0.327 e. The molecule has 0 aromatic carbocycles. The van der Waals surface area contributed by atoms with Crippen molar-refractivity contribution in [2.75, 3.05) is 5.75 Å². The monoisotopic (exact) mass is 205 g/mol. The zero-order valence-electron chi connectivity index (χ0n) is 7.36. The van der Waals surface area contributed by atoms with Crippen LogP contribution in [0.1, 0.15) is 13.8 Å². The van der Waals surface area contributed by atoms with Crippen LogP contribution in [-0.4, -0.2) is 33.9 Å². The lowest BCUT2D eigenvalue weighted by molar-refractivity contribution is -0.140. The van der Waals surface area contributed by atoms with Gasteiger partial charge < -0.3 is 10.4 Å². The molecule has 74 valence electrons. The van der Waals surface area contributed by atoms with Gasteiger partial charge in [-0.1, -0.05) is 11.8 Å². The summed E-state index contributed by atoms with van der Waals surface area (Å²) in [5.74, 6) is -1.50. The second-order valence-electron chi connectivity index (χ2n) is 2.39. The number of amides is 1. The van der Waals surface area contributed by atoms with Crippen molar-refractivity contribution in [1.29, 1.82) is 0 Å². The van der Waals surface area contributed by atoms with Crippen LogP contribution >= 0.6 is 11.8 Å². The quantitative estimate of drug-likeness (QED) is 0.667. The average molecular weight is 205 g/mol. The van der Waals surface area contributed by atoms with Crippen molar-refractivity contribution < 1.29 is 19.5 Å². The summed E-state index contributed by atoms with van der Waals surface area (Å²) >= 11 is 0.875. The maximum absolute atomic E-state index is 10.5. The first-order valence-electron chi connectivity index (χ1n) is 3.56. The summed E-state index contributed by atoms with van der Waals surface area (Å²) in [6, 6.07) is -0.994. The summed E-state index contributed by atoms with van der Waals surface area (Å²) in [5.41, 5.74) is 0. The van der Waals surface area contributed by atoms with Crippen LogP contribution in [0.5, 0.6) is 0 Å². The molecule has 0 saturated carbocycles. The van der Waals surface area contributed by atoms with E-state index in [-0.39, 0.29) is 10.9 Å². The Hall–Kier alpha value is -1.04. The highest BCUT2D eigenvalue weighted by molar-refractivity contribution is 8.13. The third-order valence-corrected chi connectivity index (χ3v) is 2.04. The standard InChI is InChI=1S/C7H11NO4S/c1-4(9)8-6(7(11)12)3-13-5(2)10/h6H,3H2,1-2H3,(H,8,9)(H,11,12)/t6-/m0/s1. The van der Waals surface area contributed by atoms with E-state index in [1.807, 2.05) is 0 Å². The fourth-order valence-corrected chi connectivity index (χ4v) is 1.25. The van der Waals surface area contributed by atoms with Crippen LogP contribution in [0.4, 0.5) is 0 Å². The van der Waals surface area contributed by atoms with Gasteiger partial charge in [-0.05, 0) is 0 Å². The van der Waals surface area contributed by atoms with E-state index in [4.69, 9.17) is 5.11 Å². The number of rotatable bonds is 4. The lowest BCUT2D eigenvalue weighted by Gasteiger charge is -2.10. The molecule has 5 nitrogen and oxygen atoms in total. The first kappa shape index (κ1) is 12.0. The van der Waals surface area contributed by atoms with Gasteiger partial charge in [0.2, 0.25) is 5.91 Å². The van der Waals surface area contributed by atoms with E-state index in [0.717, 1.165) is 11.8 Å². The molecular weight excluding hydrogens is 194 g/mol. The first-order chi connectivity index (χ1) is 5.93. The predicted molar refractivity (Wildman–Crippen MR) is 48.4 cm³/mol. The SMILES string of the molecule is CC(=O)N[C@@H](CSC(C)=O)C(=O)O. The average Bonchev–Trinajstić information content (AvgIpc) is 1.96. The zero-order chi connectivity index (χ0) is 10.4. The van der Waals surface area contributed by atoms with E-state index in [1.54, 1.807) is 0 Å². The van der Waals surface area contributed by atoms with Crippen molar-refractivity contribution in [3.8, 4) is 0 Å². The Bertz CT molecular complexity index is 229. The summed E-state index contributed by atoms with van der Waals surface area (Å²) in [6.07, 6.45) is 0. The van der Waals surface area contributed by atoms with Crippen molar-refractivity contribution in [2.45, 2.75) is 19.9 Å². The normalized spacial score (nSPS) is 11.8. The minimum absolute atomic E-state index is 0.0598. The maximum Gasteiger partial charge on any atom is 0.327 e.